The van der Waals surface area contributed by atoms with Crippen molar-refractivity contribution >= 4 is 34.5 Å². The van der Waals surface area contributed by atoms with Crippen molar-refractivity contribution in [1.82, 2.24) is 44.8 Å². The van der Waals surface area contributed by atoms with Crippen molar-refractivity contribution in [3.05, 3.63) is 114 Å². The van der Waals surface area contributed by atoms with E-state index < -0.39 is 11.7 Å². The largest absolute Gasteiger partial charge is 0.507 e. The molecular formula is C57H57F3N16O2. The molecule has 0 radical (unpaired) electrons. The zero-order valence-corrected chi connectivity index (χ0v) is 43.2. The fourth-order valence-electron chi connectivity index (χ4n) is 10.1. The molecule has 2 aromatic carbocycles. The first-order valence-corrected chi connectivity index (χ1v) is 25.8. The van der Waals surface area contributed by atoms with E-state index in [1.54, 1.807) is 55.0 Å². The molecule has 0 bridgehead atoms. The van der Waals surface area contributed by atoms with Crippen LogP contribution in [0.1, 0.15) is 56.5 Å². The normalized spacial score (nSPS) is 17.7. The van der Waals surface area contributed by atoms with Gasteiger partial charge < -0.3 is 45.8 Å². The summed E-state index contributed by atoms with van der Waals surface area (Å²) in [6, 6.07) is 21.4. The van der Waals surface area contributed by atoms with Crippen molar-refractivity contribution in [3.63, 3.8) is 0 Å². The molecule has 0 spiro atoms. The SMILES string of the molecule is CC1CCN(c2cc(-c3ccc(-c4ccc(-c5cc(N6CC[C@@H](C)N(c7ccc(C#N)c(C#CCN8CCC(F)(F)CC8)n7)CC6)c(N)nn5)c(O)c4)cc3O)nnc2N)CCN1c1cc(C#CCn2ccnc2)ncc1F. The lowest BCUT2D eigenvalue weighted by Crippen LogP contribution is -2.39. The topological polar surface area (TPSA) is 228 Å². The van der Waals surface area contributed by atoms with Crippen LogP contribution in [0.15, 0.2) is 91.6 Å². The Hall–Kier alpha value is -9.13. The van der Waals surface area contributed by atoms with Gasteiger partial charge in [-0.1, -0.05) is 24.0 Å². The lowest BCUT2D eigenvalue weighted by atomic mass is 9.99. The second-order valence-corrected chi connectivity index (χ2v) is 19.8. The number of phenolic OH excluding ortho intramolecular Hbond substituents is 2. The Morgan fingerprint density at radius 1 is 0.692 bits per heavy atom. The van der Waals surface area contributed by atoms with Crippen molar-refractivity contribution < 1.29 is 23.4 Å². The van der Waals surface area contributed by atoms with Gasteiger partial charge in [0.25, 0.3) is 5.92 Å². The Kier molecular flexibility index (Phi) is 15.2. The number of aromatic nitrogens is 8. The smallest absolute Gasteiger partial charge is 0.250 e. The van der Waals surface area contributed by atoms with Crippen LogP contribution in [0.5, 0.6) is 11.5 Å². The van der Waals surface area contributed by atoms with E-state index in [-0.39, 0.29) is 61.1 Å². The zero-order chi connectivity index (χ0) is 54.5. The lowest BCUT2D eigenvalue weighted by molar-refractivity contribution is -0.0527. The molecule has 3 saturated heterocycles. The molecule has 21 heteroatoms. The van der Waals surface area contributed by atoms with E-state index in [1.165, 1.54) is 6.20 Å². The van der Waals surface area contributed by atoms with Crippen molar-refractivity contribution in [1.29, 1.82) is 5.26 Å². The van der Waals surface area contributed by atoms with Crippen LogP contribution in [-0.4, -0.2) is 132 Å². The van der Waals surface area contributed by atoms with Gasteiger partial charge in [-0.05, 0) is 104 Å². The lowest BCUT2D eigenvalue weighted by Gasteiger charge is -2.30. The average Bonchev–Trinajstić information content (AvgIpc) is 3.82. The number of aromatic hydroxyl groups is 2. The van der Waals surface area contributed by atoms with E-state index in [2.05, 4.69) is 88.7 Å². The number of pyridine rings is 2. The molecule has 2 atom stereocenters. The predicted octanol–water partition coefficient (Wildman–Crippen LogP) is 7.19. The number of nitrogens with zero attached hydrogens (tertiary/aromatic N) is 14. The highest BCUT2D eigenvalue weighted by Crippen LogP contribution is 2.39. The number of likely N-dealkylation sites (tertiary alicyclic amines) is 1. The number of phenols is 2. The molecule has 6 N–H and O–H groups in total. The van der Waals surface area contributed by atoms with Crippen LogP contribution in [-0.2, 0) is 6.54 Å². The molecule has 0 amide bonds. The van der Waals surface area contributed by atoms with E-state index in [9.17, 15) is 24.3 Å². The maximum atomic E-state index is 15.4. The van der Waals surface area contributed by atoms with Crippen LogP contribution >= 0.6 is 0 Å². The highest BCUT2D eigenvalue weighted by atomic mass is 19.3. The Bertz CT molecular complexity index is 3500. The number of nitrogens with two attached hydrogens (primary N) is 2. The molecule has 5 aromatic heterocycles. The van der Waals surface area contributed by atoms with Crippen LogP contribution in [0, 0.1) is 40.8 Å². The fourth-order valence-corrected chi connectivity index (χ4v) is 10.1. The molecule has 0 saturated carbocycles. The third kappa shape index (κ3) is 11.6. The number of hydrogen-bond acceptors (Lipinski definition) is 17. The van der Waals surface area contributed by atoms with Crippen LogP contribution in [0.2, 0.25) is 0 Å². The third-order valence-electron chi connectivity index (χ3n) is 14.7. The molecule has 3 aliphatic heterocycles. The van der Waals surface area contributed by atoms with Gasteiger partial charge in [0.15, 0.2) is 17.5 Å². The molecule has 398 valence electrons. The number of alkyl halides is 2. The summed E-state index contributed by atoms with van der Waals surface area (Å²) in [6.45, 7) is 8.77. The first-order chi connectivity index (χ1) is 37.7. The van der Waals surface area contributed by atoms with Crippen molar-refractivity contribution in [2.75, 3.05) is 90.0 Å². The summed E-state index contributed by atoms with van der Waals surface area (Å²) in [6.07, 6.45) is 7.43. The van der Waals surface area contributed by atoms with Gasteiger partial charge in [-0.3, -0.25) is 4.90 Å². The van der Waals surface area contributed by atoms with Gasteiger partial charge in [-0.15, -0.1) is 20.4 Å². The molecule has 18 nitrogen and oxygen atoms in total. The van der Waals surface area contributed by atoms with E-state index >= 15 is 4.39 Å². The highest BCUT2D eigenvalue weighted by molar-refractivity contribution is 5.81. The Morgan fingerprint density at radius 2 is 1.29 bits per heavy atom. The van der Waals surface area contributed by atoms with E-state index in [1.807, 2.05) is 44.8 Å². The minimum atomic E-state index is -2.64. The van der Waals surface area contributed by atoms with Gasteiger partial charge >= 0.3 is 0 Å². The minimum Gasteiger partial charge on any atom is -0.507 e. The Balaban J connectivity index is 0.802. The van der Waals surface area contributed by atoms with Crippen LogP contribution in [0.3, 0.4) is 0 Å². The molecular weight excluding hydrogens is 998 g/mol. The summed E-state index contributed by atoms with van der Waals surface area (Å²) in [7, 11) is 0. The first kappa shape index (κ1) is 52.3. The van der Waals surface area contributed by atoms with E-state index in [4.69, 9.17) is 16.5 Å². The summed E-state index contributed by atoms with van der Waals surface area (Å²) in [5.41, 5.74) is 18.7. The molecule has 8 heterocycles. The third-order valence-corrected chi connectivity index (χ3v) is 14.7. The van der Waals surface area contributed by atoms with Crippen molar-refractivity contribution in [2.24, 2.45) is 0 Å². The highest BCUT2D eigenvalue weighted by Gasteiger charge is 2.34. The maximum absolute atomic E-state index is 15.4. The van der Waals surface area contributed by atoms with E-state index in [0.29, 0.717) is 132 Å². The zero-order valence-electron chi connectivity index (χ0n) is 43.2. The van der Waals surface area contributed by atoms with E-state index in [0.717, 1.165) is 6.42 Å². The predicted molar refractivity (Wildman–Crippen MR) is 293 cm³/mol. The number of halogens is 3. The fraction of sp³-hybridized carbons (Fsp3) is 0.333. The van der Waals surface area contributed by atoms with Gasteiger partial charge in [-0.25, -0.2) is 28.1 Å². The van der Waals surface area contributed by atoms with Gasteiger partial charge in [0.2, 0.25) is 0 Å². The van der Waals surface area contributed by atoms with Gasteiger partial charge in [0, 0.05) is 101 Å². The number of hydrogen-bond donors (Lipinski definition) is 4. The molecule has 78 heavy (non-hydrogen) atoms. The molecule has 1 unspecified atom stereocenters. The van der Waals surface area contributed by atoms with Crippen molar-refractivity contribution in [3.8, 4) is 74.9 Å². The summed E-state index contributed by atoms with van der Waals surface area (Å²) in [4.78, 5) is 23.4. The second-order valence-electron chi connectivity index (χ2n) is 19.8. The number of piperidine rings is 1. The molecule has 3 aliphatic rings. The van der Waals surface area contributed by atoms with Crippen LogP contribution in [0.25, 0.3) is 33.6 Å². The number of anilines is 6. The van der Waals surface area contributed by atoms with Gasteiger partial charge in [0.1, 0.15) is 34.8 Å². The van der Waals surface area contributed by atoms with Crippen molar-refractivity contribution in [2.45, 2.75) is 64.1 Å². The summed E-state index contributed by atoms with van der Waals surface area (Å²) >= 11 is 0. The number of nitrogen functional groups attached to an aromatic ring is 2. The molecule has 7 aromatic rings. The molecule has 10 rings (SSSR count). The monoisotopic (exact) mass is 1050 g/mol. The van der Waals surface area contributed by atoms with Gasteiger partial charge in [-0.2, -0.15) is 5.26 Å². The molecule has 3 fully saturated rings. The first-order valence-electron chi connectivity index (χ1n) is 25.8. The van der Waals surface area contributed by atoms with Crippen LogP contribution < -0.4 is 31.1 Å². The van der Waals surface area contributed by atoms with Crippen LogP contribution in [0.4, 0.5) is 47.7 Å². The minimum absolute atomic E-state index is 0.0239. The molecule has 0 aliphatic carbocycles. The summed E-state index contributed by atoms with van der Waals surface area (Å²) in [5.74, 6) is 10.1. The number of benzene rings is 2. The summed E-state index contributed by atoms with van der Waals surface area (Å²) < 4.78 is 44.5. The summed E-state index contributed by atoms with van der Waals surface area (Å²) in [5, 5.41) is 50.1. The quantitative estimate of drug-likeness (QED) is 0.105. The number of imidazole rings is 1. The average molecular weight is 1060 g/mol. The number of nitriles is 1. The Labute approximate surface area is 449 Å². The standard InChI is InChI=1S/C57H57F3N16O2/c1-37-13-20-73(25-27-75(37)49-31-42(65-35-45(49)58)5-3-19-72-24-17-64-36-72)50-32-47(67-69-55(50)62)43-10-7-39(29-52(43)77)40-8-11-44(53(78)30-40)48-33-51(56(63)70-68-48)74-21-14-38(2)76(28-26-74)54-12-9-41(34-61)46(66-54)6-4-18-71-22-15-57(59,60)16-23-71/h7-12,17,24,29-33,35-38,77-78H,13-16,18-23,25-28H2,1-2H3,(H2,62,69)(H2,63,70)/t37?,38-/m1/s1. The second kappa shape index (κ2) is 22.6. The number of rotatable bonds is 9. The Morgan fingerprint density at radius 3 is 1.88 bits per heavy atom. The maximum Gasteiger partial charge on any atom is 0.250 e. The van der Waals surface area contributed by atoms with Gasteiger partial charge in [0.05, 0.1) is 59.6 Å².